The molecule has 3 nitrogen and oxygen atoms in total. The molecule has 0 aliphatic carbocycles. The third kappa shape index (κ3) is 3.47. The maximum atomic E-state index is 12.1. The van der Waals surface area contributed by atoms with E-state index in [0.717, 1.165) is 40.6 Å². The quantitative estimate of drug-likeness (QED) is 0.798. The van der Waals surface area contributed by atoms with Crippen LogP contribution in [0.4, 0.5) is 5.69 Å². The van der Waals surface area contributed by atoms with Crippen LogP contribution in [-0.2, 0) is 4.79 Å². The molecule has 1 aliphatic rings. The van der Waals surface area contributed by atoms with Gasteiger partial charge < -0.3 is 10.6 Å². The molecule has 98 valence electrons. The van der Waals surface area contributed by atoms with Gasteiger partial charge in [-0.15, -0.1) is 0 Å². The summed E-state index contributed by atoms with van der Waals surface area (Å²) in [7, 11) is 0. The van der Waals surface area contributed by atoms with Crippen LogP contribution >= 0.6 is 43.5 Å². The Labute approximate surface area is 128 Å². The van der Waals surface area contributed by atoms with Gasteiger partial charge in [-0.25, -0.2) is 0 Å². The summed E-state index contributed by atoms with van der Waals surface area (Å²) in [6.07, 6.45) is 1.97. The molecule has 0 spiro atoms. The van der Waals surface area contributed by atoms with Gasteiger partial charge in [-0.1, -0.05) is 11.6 Å². The molecule has 2 N–H and O–H groups in total. The molecule has 1 heterocycles. The minimum atomic E-state index is 0.0354. The largest absolute Gasteiger partial charge is 0.324 e. The van der Waals surface area contributed by atoms with Gasteiger partial charge in [-0.3, -0.25) is 4.79 Å². The van der Waals surface area contributed by atoms with Crippen LogP contribution in [0.3, 0.4) is 0 Å². The number of halogens is 3. The van der Waals surface area contributed by atoms with Crippen molar-refractivity contribution in [1.82, 2.24) is 5.32 Å². The molecular weight excluding hydrogens is 383 g/mol. The first kappa shape index (κ1) is 14.3. The summed E-state index contributed by atoms with van der Waals surface area (Å²) in [5.74, 6) is 0.0825. The van der Waals surface area contributed by atoms with Crippen molar-refractivity contribution in [2.75, 3.05) is 18.4 Å². The molecule has 6 heteroatoms. The van der Waals surface area contributed by atoms with Crippen molar-refractivity contribution in [3.63, 3.8) is 0 Å². The molecule has 18 heavy (non-hydrogen) atoms. The molecule has 1 saturated heterocycles. The normalized spacial score (nSPS) is 19.6. The van der Waals surface area contributed by atoms with Gasteiger partial charge in [0.15, 0.2) is 0 Å². The minimum absolute atomic E-state index is 0.0354. The third-order valence-electron chi connectivity index (χ3n) is 2.92. The van der Waals surface area contributed by atoms with Gasteiger partial charge in [0.25, 0.3) is 0 Å². The first-order valence-corrected chi connectivity index (χ1v) is 7.70. The van der Waals surface area contributed by atoms with Crippen LogP contribution in [0.5, 0.6) is 0 Å². The first-order valence-electron chi connectivity index (χ1n) is 5.74. The van der Waals surface area contributed by atoms with Gasteiger partial charge in [0.1, 0.15) is 0 Å². The predicted octanol–water partition coefficient (Wildman–Crippen LogP) is 3.80. The molecule has 0 saturated carbocycles. The van der Waals surface area contributed by atoms with Crippen LogP contribution in [-0.4, -0.2) is 19.0 Å². The molecule has 2 rings (SSSR count). The Morgan fingerprint density at radius 3 is 2.61 bits per heavy atom. The number of hydrogen-bond acceptors (Lipinski definition) is 2. The summed E-state index contributed by atoms with van der Waals surface area (Å²) < 4.78 is 1.55. The van der Waals surface area contributed by atoms with Gasteiger partial charge in [-0.2, -0.15) is 0 Å². The molecule has 1 atom stereocenters. The van der Waals surface area contributed by atoms with E-state index in [4.69, 9.17) is 11.6 Å². The van der Waals surface area contributed by atoms with E-state index in [9.17, 15) is 4.79 Å². The van der Waals surface area contributed by atoms with E-state index in [1.165, 1.54) is 0 Å². The molecule has 0 aromatic heterocycles. The van der Waals surface area contributed by atoms with Gasteiger partial charge in [-0.05, 0) is 63.4 Å². The van der Waals surface area contributed by atoms with Crippen LogP contribution in [0.2, 0.25) is 5.02 Å². The van der Waals surface area contributed by atoms with Gasteiger partial charge >= 0.3 is 0 Å². The van der Waals surface area contributed by atoms with Crippen LogP contribution in [0, 0.1) is 5.92 Å². The zero-order valence-corrected chi connectivity index (χ0v) is 13.5. The molecule has 1 aromatic carbocycles. The van der Waals surface area contributed by atoms with Crippen LogP contribution in [0.15, 0.2) is 21.1 Å². The summed E-state index contributed by atoms with van der Waals surface area (Å²) in [5.41, 5.74) is 0.731. The van der Waals surface area contributed by atoms with E-state index in [0.29, 0.717) is 5.02 Å². The standard InChI is InChI=1S/C12H13Br2ClN2O/c13-9-4-8(15)5-10(14)11(9)17-12(18)7-2-1-3-16-6-7/h4-5,7,16H,1-3,6H2,(H,17,18). The topological polar surface area (TPSA) is 41.1 Å². The van der Waals surface area contributed by atoms with Gasteiger partial charge in [0.2, 0.25) is 5.91 Å². The Hall–Kier alpha value is -0.100. The Morgan fingerprint density at radius 2 is 2.06 bits per heavy atom. The van der Waals surface area contributed by atoms with Crippen molar-refractivity contribution >= 4 is 55.1 Å². The molecule has 1 fully saturated rings. The SMILES string of the molecule is O=C(Nc1c(Br)cc(Cl)cc1Br)C1CCCNC1. The molecule has 0 radical (unpaired) electrons. The number of benzene rings is 1. The molecule has 1 aromatic rings. The number of carbonyl (C=O) groups is 1. The minimum Gasteiger partial charge on any atom is -0.324 e. The smallest absolute Gasteiger partial charge is 0.228 e. The fraction of sp³-hybridized carbons (Fsp3) is 0.417. The molecule has 1 amide bonds. The van der Waals surface area contributed by atoms with Crippen molar-refractivity contribution in [3.05, 3.63) is 26.1 Å². The highest BCUT2D eigenvalue weighted by Crippen LogP contribution is 2.34. The number of hydrogen-bond donors (Lipinski definition) is 2. The Kier molecular flexibility index (Phi) is 5.06. The van der Waals surface area contributed by atoms with Gasteiger partial charge in [0.05, 0.1) is 11.6 Å². The van der Waals surface area contributed by atoms with Crippen LogP contribution in [0.25, 0.3) is 0 Å². The monoisotopic (exact) mass is 394 g/mol. The van der Waals surface area contributed by atoms with Crippen LogP contribution < -0.4 is 10.6 Å². The lowest BCUT2D eigenvalue weighted by molar-refractivity contribution is -0.120. The third-order valence-corrected chi connectivity index (χ3v) is 4.39. The first-order chi connectivity index (χ1) is 8.58. The maximum Gasteiger partial charge on any atom is 0.228 e. The van der Waals surface area contributed by atoms with Gasteiger partial charge in [0, 0.05) is 20.5 Å². The van der Waals surface area contributed by atoms with Crippen molar-refractivity contribution in [2.45, 2.75) is 12.8 Å². The Morgan fingerprint density at radius 1 is 1.39 bits per heavy atom. The fourth-order valence-corrected chi connectivity index (χ4v) is 3.83. The van der Waals surface area contributed by atoms with Crippen molar-refractivity contribution in [2.24, 2.45) is 5.92 Å². The zero-order valence-electron chi connectivity index (χ0n) is 9.60. The average molecular weight is 397 g/mol. The van der Waals surface area contributed by atoms with E-state index in [-0.39, 0.29) is 11.8 Å². The number of amides is 1. The zero-order chi connectivity index (χ0) is 13.1. The lowest BCUT2D eigenvalue weighted by Crippen LogP contribution is -2.37. The second-order valence-corrected chi connectivity index (χ2v) is 6.42. The fourth-order valence-electron chi connectivity index (χ4n) is 1.96. The Balaban J connectivity index is 2.11. The molecule has 1 unspecified atom stereocenters. The van der Waals surface area contributed by atoms with E-state index in [1.807, 2.05) is 0 Å². The summed E-state index contributed by atoms with van der Waals surface area (Å²) in [6.45, 7) is 1.74. The summed E-state index contributed by atoms with van der Waals surface area (Å²) in [5, 5.41) is 6.80. The lowest BCUT2D eigenvalue weighted by atomic mass is 9.99. The number of carbonyl (C=O) groups excluding carboxylic acids is 1. The van der Waals surface area contributed by atoms with E-state index in [2.05, 4.69) is 42.5 Å². The highest BCUT2D eigenvalue weighted by molar-refractivity contribution is 9.11. The van der Waals surface area contributed by atoms with Crippen molar-refractivity contribution in [3.8, 4) is 0 Å². The molecular formula is C12H13Br2ClN2O. The molecule has 0 bridgehead atoms. The second-order valence-electron chi connectivity index (χ2n) is 4.28. The highest BCUT2D eigenvalue weighted by atomic mass is 79.9. The van der Waals surface area contributed by atoms with E-state index < -0.39 is 0 Å². The highest BCUT2D eigenvalue weighted by Gasteiger charge is 2.22. The summed E-state index contributed by atoms with van der Waals surface area (Å²) >= 11 is 12.7. The predicted molar refractivity (Wildman–Crippen MR) is 81.1 cm³/mol. The van der Waals surface area contributed by atoms with E-state index >= 15 is 0 Å². The number of nitrogens with one attached hydrogen (secondary N) is 2. The van der Waals surface area contributed by atoms with E-state index in [1.54, 1.807) is 12.1 Å². The van der Waals surface area contributed by atoms with Crippen molar-refractivity contribution in [1.29, 1.82) is 0 Å². The van der Waals surface area contributed by atoms with Crippen molar-refractivity contribution < 1.29 is 4.79 Å². The van der Waals surface area contributed by atoms with Crippen LogP contribution in [0.1, 0.15) is 12.8 Å². The number of rotatable bonds is 2. The summed E-state index contributed by atoms with van der Waals surface area (Å²) in [4.78, 5) is 12.1. The maximum absolute atomic E-state index is 12.1. The lowest BCUT2D eigenvalue weighted by Gasteiger charge is -2.22. The number of piperidine rings is 1. The summed E-state index contributed by atoms with van der Waals surface area (Å²) in [6, 6.07) is 3.53. The Bertz CT molecular complexity index is 438. The average Bonchev–Trinajstić information content (AvgIpc) is 2.34. The second kappa shape index (κ2) is 6.37. The molecule has 1 aliphatic heterocycles. The number of anilines is 1.